The van der Waals surface area contributed by atoms with E-state index < -0.39 is 29.6 Å². The molecule has 0 aliphatic heterocycles. The Morgan fingerprint density at radius 3 is 2.59 bits per heavy atom. The summed E-state index contributed by atoms with van der Waals surface area (Å²) >= 11 is 5.87. The molecule has 6 nitrogen and oxygen atoms in total. The molecule has 0 fully saturated rings. The maximum atomic E-state index is 13.6. The molecule has 1 heterocycles. The number of hydrogen-bond donors (Lipinski definition) is 1. The molecule has 8 heteroatoms. The third-order valence-corrected chi connectivity index (χ3v) is 3.48. The van der Waals surface area contributed by atoms with E-state index in [0.29, 0.717) is 0 Å². The Balaban J connectivity index is 2.81. The van der Waals surface area contributed by atoms with Gasteiger partial charge in [-0.25, -0.2) is 9.18 Å². The van der Waals surface area contributed by atoms with Gasteiger partial charge < -0.3 is 5.11 Å². The fourth-order valence-corrected chi connectivity index (χ4v) is 2.32. The minimum atomic E-state index is -1.24. The molecule has 1 aromatic heterocycles. The molecule has 0 atom stereocenters. The van der Waals surface area contributed by atoms with E-state index in [2.05, 4.69) is 0 Å². The van der Waals surface area contributed by atoms with Gasteiger partial charge in [0.2, 0.25) is 0 Å². The number of aromatic nitrogens is 2. The van der Waals surface area contributed by atoms with E-state index >= 15 is 0 Å². The van der Waals surface area contributed by atoms with Gasteiger partial charge in [-0.15, -0.1) is 0 Å². The minimum Gasteiger partial charge on any atom is -0.480 e. The van der Waals surface area contributed by atoms with Gasteiger partial charge in [0.25, 0.3) is 5.56 Å². The van der Waals surface area contributed by atoms with Crippen molar-refractivity contribution in [3.8, 4) is 11.1 Å². The number of benzene rings is 1. The van der Waals surface area contributed by atoms with Crippen molar-refractivity contribution < 1.29 is 14.3 Å². The molecule has 22 heavy (non-hydrogen) atoms. The first-order valence-electron chi connectivity index (χ1n) is 6.37. The van der Waals surface area contributed by atoms with Crippen molar-refractivity contribution in [1.29, 1.82) is 0 Å². The predicted octanol–water partition coefficient (Wildman–Crippen LogP) is 1.57. The van der Waals surface area contributed by atoms with E-state index in [1.807, 2.05) is 0 Å². The fourth-order valence-electron chi connectivity index (χ4n) is 2.09. The summed E-state index contributed by atoms with van der Waals surface area (Å²) in [5.41, 5.74) is -1.33. The molecular formula is C14H12ClFN2O4. The zero-order chi connectivity index (χ0) is 16.4. The summed E-state index contributed by atoms with van der Waals surface area (Å²) in [6.45, 7) is 1.02. The SMILES string of the molecule is CCn1c(=O)c(-c2cccc(F)c2Cl)cn(CC(=O)O)c1=O. The maximum Gasteiger partial charge on any atom is 0.331 e. The summed E-state index contributed by atoms with van der Waals surface area (Å²) in [7, 11) is 0. The van der Waals surface area contributed by atoms with Crippen LogP contribution in [-0.4, -0.2) is 20.2 Å². The highest BCUT2D eigenvalue weighted by atomic mass is 35.5. The van der Waals surface area contributed by atoms with Gasteiger partial charge in [0, 0.05) is 18.3 Å². The van der Waals surface area contributed by atoms with Crippen LogP contribution in [0.2, 0.25) is 5.02 Å². The van der Waals surface area contributed by atoms with Gasteiger partial charge in [-0.2, -0.15) is 0 Å². The van der Waals surface area contributed by atoms with E-state index in [-0.39, 0.29) is 22.7 Å². The first kappa shape index (κ1) is 16.0. The number of aliphatic carboxylic acids is 1. The van der Waals surface area contributed by atoms with Gasteiger partial charge in [0.1, 0.15) is 12.4 Å². The number of hydrogen-bond acceptors (Lipinski definition) is 3. The minimum absolute atomic E-state index is 0.0350. The van der Waals surface area contributed by atoms with Crippen LogP contribution in [0.4, 0.5) is 4.39 Å². The Kier molecular flexibility index (Phi) is 4.46. The molecule has 0 saturated carbocycles. The van der Waals surface area contributed by atoms with Crippen LogP contribution in [0.25, 0.3) is 11.1 Å². The Labute approximate surface area is 129 Å². The van der Waals surface area contributed by atoms with Crippen molar-refractivity contribution in [1.82, 2.24) is 9.13 Å². The molecule has 0 bridgehead atoms. The van der Waals surface area contributed by atoms with Crippen LogP contribution < -0.4 is 11.2 Å². The van der Waals surface area contributed by atoms with Gasteiger partial charge in [-0.3, -0.25) is 18.7 Å². The van der Waals surface area contributed by atoms with E-state index in [1.54, 1.807) is 6.92 Å². The average molecular weight is 327 g/mol. The van der Waals surface area contributed by atoms with Crippen LogP contribution in [0.15, 0.2) is 34.0 Å². The Morgan fingerprint density at radius 2 is 2.00 bits per heavy atom. The van der Waals surface area contributed by atoms with Crippen molar-refractivity contribution in [2.45, 2.75) is 20.0 Å². The molecule has 0 aliphatic rings. The van der Waals surface area contributed by atoms with E-state index in [9.17, 15) is 18.8 Å². The highest BCUT2D eigenvalue weighted by Gasteiger charge is 2.17. The standard InChI is InChI=1S/C14H12ClFN2O4/c1-2-18-13(21)9(6-17(14(18)22)7-11(19)20)8-4-3-5-10(16)12(8)15/h3-6H,2,7H2,1H3,(H,19,20). The molecule has 0 saturated heterocycles. The smallest absolute Gasteiger partial charge is 0.331 e. The maximum absolute atomic E-state index is 13.6. The summed E-state index contributed by atoms with van der Waals surface area (Å²) in [5.74, 6) is -1.95. The lowest BCUT2D eigenvalue weighted by atomic mass is 10.1. The van der Waals surface area contributed by atoms with Crippen molar-refractivity contribution in [2.75, 3.05) is 0 Å². The van der Waals surface area contributed by atoms with Gasteiger partial charge in [-0.05, 0) is 13.0 Å². The van der Waals surface area contributed by atoms with E-state index in [4.69, 9.17) is 16.7 Å². The molecule has 0 radical (unpaired) electrons. The number of rotatable bonds is 4. The topological polar surface area (TPSA) is 81.3 Å². The van der Waals surface area contributed by atoms with Crippen LogP contribution >= 0.6 is 11.6 Å². The van der Waals surface area contributed by atoms with Crippen molar-refractivity contribution in [3.05, 3.63) is 56.1 Å². The van der Waals surface area contributed by atoms with Crippen LogP contribution in [-0.2, 0) is 17.9 Å². The van der Waals surface area contributed by atoms with Crippen LogP contribution in [0.5, 0.6) is 0 Å². The van der Waals surface area contributed by atoms with Crippen LogP contribution in [0.1, 0.15) is 6.92 Å². The summed E-state index contributed by atoms with van der Waals surface area (Å²) in [6.07, 6.45) is 1.09. The second-order valence-corrected chi connectivity index (χ2v) is 4.88. The third-order valence-electron chi connectivity index (χ3n) is 3.10. The van der Waals surface area contributed by atoms with Gasteiger partial charge in [-0.1, -0.05) is 23.7 Å². The predicted molar refractivity (Wildman–Crippen MR) is 78.7 cm³/mol. The molecule has 2 aromatic rings. The number of carboxylic acids is 1. The summed E-state index contributed by atoms with van der Waals surface area (Å²) < 4.78 is 15.3. The largest absolute Gasteiger partial charge is 0.480 e. The summed E-state index contributed by atoms with van der Waals surface area (Å²) in [6, 6.07) is 3.94. The van der Waals surface area contributed by atoms with Crippen molar-refractivity contribution >= 4 is 17.6 Å². The number of carbonyl (C=O) groups is 1. The fraction of sp³-hybridized carbons (Fsp3) is 0.214. The quantitative estimate of drug-likeness (QED) is 0.924. The Bertz CT molecular complexity index is 857. The summed E-state index contributed by atoms with van der Waals surface area (Å²) in [5, 5.41) is 8.59. The Hall–Kier alpha value is -2.41. The molecule has 116 valence electrons. The lowest BCUT2D eigenvalue weighted by molar-refractivity contribution is -0.137. The molecule has 0 amide bonds. The second-order valence-electron chi connectivity index (χ2n) is 4.50. The van der Waals surface area contributed by atoms with E-state index in [0.717, 1.165) is 21.4 Å². The number of nitrogens with zero attached hydrogens (tertiary/aromatic N) is 2. The van der Waals surface area contributed by atoms with Crippen molar-refractivity contribution in [2.24, 2.45) is 0 Å². The zero-order valence-corrected chi connectivity index (χ0v) is 12.3. The third kappa shape index (κ3) is 2.80. The highest BCUT2D eigenvalue weighted by molar-refractivity contribution is 6.33. The molecule has 1 aromatic carbocycles. The number of carboxylic acid groups (broad SMARTS) is 1. The highest BCUT2D eigenvalue weighted by Crippen LogP contribution is 2.27. The Morgan fingerprint density at radius 1 is 1.32 bits per heavy atom. The average Bonchev–Trinajstić information content (AvgIpc) is 2.45. The molecule has 2 rings (SSSR count). The lowest BCUT2D eigenvalue weighted by Crippen LogP contribution is -2.40. The van der Waals surface area contributed by atoms with Gasteiger partial charge in [0.05, 0.1) is 10.6 Å². The zero-order valence-electron chi connectivity index (χ0n) is 11.5. The normalized spacial score (nSPS) is 10.7. The van der Waals surface area contributed by atoms with Crippen molar-refractivity contribution in [3.63, 3.8) is 0 Å². The van der Waals surface area contributed by atoms with Gasteiger partial charge >= 0.3 is 11.7 Å². The molecular weight excluding hydrogens is 315 g/mol. The number of halogens is 2. The first-order chi connectivity index (χ1) is 10.4. The van der Waals surface area contributed by atoms with Crippen LogP contribution in [0.3, 0.4) is 0 Å². The van der Waals surface area contributed by atoms with Crippen LogP contribution in [0, 0.1) is 5.82 Å². The first-order valence-corrected chi connectivity index (χ1v) is 6.75. The molecule has 1 N–H and O–H groups in total. The summed E-state index contributed by atoms with van der Waals surface area (Å²) in [4.78, 5) is 35.2. The molecule has 0 aliphatic carbocycles. The molecule has 0 spiro atoms. The second kappa shape index (κ2) is 6.15. The van der Waals surface area contributed by atoms with Gasteiger partial charge in [0.15, 0.2) is 0 Å². The van der Waals surface area contributed by atoms with E-state index in [1.165, 1.54) is 12.1 Å². The lowest BCUT2D eigenvalue weighted by Gasteiger charge is -2.11. The molecule has 0 unspecified atom stereocenters. The monoisotopic (exact) mass is 326 g/mol.